The summed E-state index contributed by atoms with van der Waals surface area (Å²) in [6.45, 7) is 1.56. The molecule has 0 bridgehead atoms. The minimum Gasteiger partial charge on any atom is -0.456 e. The highest BCUT2D eigenvalue weighted by molar-refractivity contribution is 5.96. The summed E-state index contributed by atoms with van der Waals surface area (Å²) in [5.74, 6) is -0.737. The van der Waals surface area contributed by atoms with Gasteiger partial charge in [0, 0.05) is 38.0 Å². The van der Waals surface area contributed by atoms with E-state index in [0.29, 0.717) is 17.0 Å². The summed E-state index contributed by atoms with van der Waals surface area (Å²) in [4.78, 5) is 41.3. The molecule has 0 aliphatic carbocycles. The zero-order valence-electron chi connectivity index (χ0n) is 15.6. The van der Waals surface area contributed by atoms with Gasteiger partial charge < -0.3 is 9.64 Å². The second kappa shape index (κ2) is 7.47. The van der Waals surface area contributed by atoms with Crippen molar-refractivity contribution in [1.29, 1.82) is 0 Å². The standard InChI is InChI=1S/C19H18N4O5/c1-12-5-4-6-17-20-13(9-18(24)22(12)17)11-28-19(25)15-10-14(23(26)27)7-8-16(15)21(2)3/h4-10H,11H2,1-3H3. The lowest BCUT2D eigenvalue weighted by Gasteiger charge is -2.16. The maximum atomic E-state index is 12.5. The Morgan fingerprint density at radius 1 is 1.25 bits per heavy atom. The van der Waals surface area contributed by atoms with Gasteiger partial charge in [-0.1, -0.05) is 6.07 Å². The summed E-state index contributed by atoms with van der Waals surface area (Å²) in [5, 5.41) is 11.0. The van der Waals surface area contributed by atoms with Crippen LogP contribution in [0.4, 0.5) is 11.4 Å². The molecule has 1 aromatic carbocycles. The lowest BCUT2D eigenvalue weighted by molar-refractivity contribution is -0.384. The van der Waals surface area contributed by atoms with E-state index in [2.05, 4.69) is 4.98 Å². The molecule has 0 aliphatic rings. The fraction of sp³-hybridized carbons (Fsp3) is 0.211. The monoisotopic (exact) mass is 382 g/mol. The van der Waals surface area contributed by atoms with E-state index in [1.54, 1.807) is 44.1 Å². The van der Waals surface area contributed by atoms with Crippen molar-refractivity contribution < 1.29 is 14.5 Å². The molecule has 0 amide bonds. The molecule has 28 heavy (non-hydrogen) atoms. The molecule has 0 radical (unpaired) electrons. The molecule has 9 nitrogen and oxygen atoms in total. The number of nitrogens with zero attached hydrogens (tertiary/aromatic N) is 4. The number of pyridine rings is 1. The minimum absolute atomic E-state index is 0.0626. The normalized spacial score (nSPS) is 10.7. The Kier molecular flexibility index (Phi) is 5.08. The number of nitro benzene ring substituents is 1. The molecule has 2 heterocycles. The number of anilines is 1. The van der Waals surface area contributed by atoms with Crippen LogP contribution < -0.4 is 10.5 Å². The van der Waals surface area contributed by atoms with Gasteiger partial charge in [0.1, 0.15) is 12.3 Å². The summed E-state index contributed by atoms with van der Waals surface area (Å²) >= 11 is 0. The second-order valence-corrected chi connectivity index (χ2v) is 6.38. The number of carbonyl (C=O) groups excluding carboxylic acids is 1. The van der Waals surface area contributed by atoms with Gasteiger partial charge in [-0.2, -0.15) is 0 Å². The maximum Gasteiger partial charge on any atom is 0.340 e. The number of rotatable bonds is 5. The maximum absolute atomic E-state index is 12.5. The SMILES string of the molecule is Cc1cccc2nc(COC(=O)c3cc([N+](=O)[O-])ccc3N(C)C)cc(=O)n12. The number of benzene rings is 1. The first kappa shape index (κ1) is 19.0. The summed E-state index contributed by atoms with van der Waals surface area (Å²) in [6, 6.07) is 10.5. The quantitative estimate of drug-likeness (QED) is 0.379. The van der Waals surface area contributed by atoms with Crippen molar-refractivity contribution in [2.75, 3.05) is 19.0 Å². The van der Waals surface area contributed by atoms with Gasteiger partial charge in [-0.3, -0.25) is 19.3 Å². The summed E-state index contributed by atoms with van der Waals surface area (Å²) < 4.78 is 6.73. The highest BCUT2D eigenvalue weighted by Gasteiger charge is 2.19. The molecule has 0 spiro atoms. The van der Waals surface area contributed by atoms with Crippen LogP contribution in [0.1, 0.15) is 21.7 Å². The average Bonchev–Trinajstić information content (AvgIpc) is 2.65. The number of nitro groups is 1. The van der Waals surface area contributed by atoms with Crippen LogP contribution in [-0.2, 0) is 11.3 Å². The van der Waals surface area contributed by atoms with Gasteiger partial charge in [0.05, 0.1) is 21.9 Å². The number of carbonyl (C=O) groups is 1. The fourth-order valence-corrected chi connectivity index (χ4v) is 2.85. The topological polar surface area (TPSA) is 107 Å². The van der Waals surface area contributed by atoms with Crippen LogP contribution in [-0.4, -0.2) is 34.4 Å². The summed E-state index contributed by atoms with van der Waals surface area (Å²) in [5.41, 5.74) is 1.54. The molecule has 3 rings (SSSR count). The van der Waals surface area contributed by atoms with Crippen molar-refractivity contribution in [1.82, 2.24) is 9.38 Å². The van der Waals surface area contributed by atoms with Gasteiger partial charge in [-0.15, -0.1) is 0 Å². The van der Waals surface area contributed by atoms with E-state index in [9.17, 15) is 19.7 Å². The smallest absolute Gasteiger partial charge is 0.340 e. The first-order valence-corrected chi connectivity index (χ1v) is 8.39. The Bertz CT molecular complexity index is 1140. The molecular weight excluding hydrogens is 364 g/mol. The van der Waals surface area contributed by atoms with Gasteiger partial charge in [-0.05, 0) is 25.1 Å². The van der Waals surface area contributed by atoms with Crippen LogP contribution in [0.15, 0.2) is 47.3 Å². The lowest BCUT2D eigenvalue weighted by Crippen LogP contribution is -2.19. The zero-order chi connectivity index (χ0) is 20.4. The lowest BCUT2D eigenvalue weighted by atomic mass is 10.1. The molecule has 0 saturated carbocycles. The Morgan fingerprint density at radius 2 is 2.00 bits per heavy atom. The molecule has 0 fully saturated rings. The second-order valence-electron chi connectivity index (χ2n) is 6.38. The van der Waals surface area contributed by atoms with Gasteiger partial charge >= 0.3 is 5.97 Å². The molecule has 0 atom stereocenters. The van der Waals surface area contributed by atoms with Gasteiger partial charge in [0.15, 0.2) is 0 Å². The van der Waals surface area contributed by atoms with E-state index in [4.69, 9.17) is 4.74 Å². The van der Waals surface area contributed by atoms with E-state index in [-0.39, 0.29) is 23.4 Å². The third-order valence-electron chi connectivity index (χ3n) is 4.18. The van der Waals surface area contributed by atoms with Gasteiger partial charge in [0.2, 0.25) is 0 Å². The Labute approximate surface area is 160 Å². The average molecular weight is 382 g/mol. The Hall–Kier alpha value is -3.75. The molecule has 144 valence electrons. The third-order valence-corrected chi connectivity index (χ3v) is 4.18. The number of hydrogen-bond donors (Lipinski definition) is 0. The van der Waals surface area contributed by atoms with Crippen LogP contribution in [0, 0.1) is 17.0 Å². The van der Waals surface area contributed by atoms with Crippen LogP contribution in [0.25, 0.3) is 5.65 Å². The number of aromatic nitrogens is 2. The predicted molar refractivity (Wildman–Crippen MR) is 103 cm³/mol. The number of non-ortho nitro benzene ring substituents is 1. The molecule has 2 aromatic heterocycles. The number of aryl methyl sites for hydroxylation is 1. The number of hydrogen-bond acceptors (Lipinski definition) is 7. The van der Waals surface area contributed by atoms with E-state index in [0.717, 1.165) is 5.69 Å². The first-order chi connectivity index (χ1) is 13.3. The molecular formula is C19H18N4O5. The van der Waals surface area contributed by atoms with Crippen molar-refractivity contribution in [3.8, 4) is 0 Å². The van der Waals surface area contributed by atoms with Crippen molar-refractivity contribution in [2.24, 2.45) is 0 Å². The summed E-state index contributed by atoms with van der Waals surface area (Å²) in [6.07, 6.45) is 0. The highest BCUT2D eigenvalue weighted by atomic mass is 16.6. The van der Waals surface area contributed by atoms with Crippen molar-refractivity contribution in [3.63, 3.8) is 0 Å². The molecule has 9 heteroatoms. The van der Waals surface area contributed by atoms with Crippen LogP contribution in [0.2, 0.25) is 0 Å². The molecule has 0 saturated heterocycles. The number of fused-ring (bicyclic) bond motifs is 1. The van der Waals surface area contributed by atoms with E-state index < -0.39 is 10.9 Å². The molecule has 0 N–H and O–H groups in total. The van der Waals surface area contributed by atoms with Crippen LogP contribution in [0.3, 0.4) is 0 Å². The molecule has 3 aromatic rings. The molecule has 0 unspecified atom stereocenters. The van der Waals surface area contributed by atoms with Gasteiger partial charge in [-0.25, -0.2) is 9.78 Å². The van der Waals surface area contributed by atoms with E-state index in [1.165, 1.54) is 28.7 Å². The Morgan fingerprint density at radius 3 is 2.68 bits per heavy atom. The number of esters is 1. The minimum atomic E-state index is -0.737. The van der Waals surface area contributed by atoms with Crippen molar-refractivity contribution >= 4 is 23.0 Å². The van der Waals surface area contributed by atoms with Crippen molar-refractivity contribution in [2.45, 2.75) is 13.5 Å². The summed E-state index contributed by atoms with van der Waals surface area (Å²) in [7, 11) is 3.43. The third kappa shape index (κ3) is 3.68. The van der Waals surface area contributed by atoms with E-state index in [1.807, 2.05) is 0 Å². The van der Waals surface area contributed by atoms with Crippen molar-refractivity contribution in [3.05, 3.63) is 79.9 Å². The first-order valence-electron chi connectivity index (χ1n) is 8.39. The molecule has 0 aliphatic heterocycles. The Balaban J connectivity index is 1.88. The zero-order valence-corrected chi connectivity index (χ0v) is 15.6. The highest BCUT2D eigenvalue weighted by Crippen LogP contribution is 2.25. The number of ether oxygens (including phenoxy) is 1. The largest absolute Gasteiger partial charge is 0.456 e. The fourth-order valence-electron chi connectivity index (χ4n) is 2.85. The van der Waals surface area contributed by atoms with Crippen LogP contribution in [0.5, 0.6) is 0 Å². The van der Waals surface area contributed by atoms with Gasteiger partial charge in [0.25, 0.3) is 11.2 Å². The van der Waals surface area contributed by atoms with E-state index >= 15 is 0 Å². The predicted octanol–water partition coefficient (Wildman–Crippen LogP) is 2.33. The van der Waals surface area contributed by atoms with Crippen LogP contribution >= 0.6 is 0 Å².